The van der Waals surface area contributed by atoms with Crippen LogP contribution in [-0.4, -0.2) is 31.1 Å². The quantitative estimate of drug-likeness (QED) is 0.678. The Morgan fingerprint density at radius 1 is 1.35 bits per heavy atom. The fourth-order valence-corrected chi connectivity index (χ4v) is 2.58. The van der Waals surface area contributed by atoms with Crippen molar-refractivity contribution in [2.75, 3.05) is 20.2 Å². The summed E-state index contributed by atoms with van der Waals surface area (Å²) in [6, 6.07) is 8.33. The molecule has 0 saturated carbocycles. The number of hydrogen-bond acceptors (Lipinski definition) is 2. The Bertz CT molecular complexity index is 442. The van der Waals surface area contributed by atoms with Crippen LogP contribution in [0.15, 0.2) is 29.3 Å². The third-order valence-corrected chi connectivity index (χ3v) is 3.74. The van der Waals surface area contributed by atoms with Crippen molar-refractivity contribution >= 4 is 5.96 Å². The number of piperidine rings is 1. The second kappa shape index (κ2) is 7.29. The first-order valence-corrected chi connectivity index (χ1v) is 7.30. The van der Waals surface area contributed by atoms with Crippen molar-refractivity contribution in [2.45, 2.75) is 32.9 Å². The average molecular weight is 275 g/mol. The van der Waals surface area contributed by atoms with Crippen LogP contribution in [0.1, 0.15) is 30.9 Å². The summed E-state index contributed by atoms with van der Waals surface area (Å²) in [4.78, 5) is 6.72. The number of hydrogen-bond donors (Lipinski definition) is 1. The van der Waals surface area contributed by atoms with E-state index in [9.17, 15) is 0 Å². The summed E-state index contributed by atoms with van der Waals surface area (Å²) < 4.78 is 5.10. The Morgan fingerprint density at radius 3 is 2.70 bits per heavy atom. The van der Waals surface area contributed by atoms with Crippen molar-refractivity contribution in [3.05, 3.63) is 35.4 Å². The van der Waals surface area contributed by atoms with Crippen LogP contribution in [0.4, 0.5) is 0 Å². The average Bonchev–Trinajstić information content (AvgIpc) is 2.46. The highest BCUT2D eigenvalue weighted by Gasteiger charge is 2.17. The van der Waals surface area contributed by atoms with Crippen molar-refractivity contribution in [3.8, 4) is 0 Å². The van der Waals surface area contributed by atoms with Gasteiger partial charge in [0.1, 0.15) is 0 Å². The van der Waals surface area contributed by atoms with Crippen molar-refractivity contribution in [1.82, 2.24) is 4.90 Å². The molecule has 0 amide bonds. The Labute approximate surface area is 121 Å². The first-order chi connectivity index (χ1) is 9.69. The number of likely N-dealkylation sites (tertiary alicyclic amines) is 1. The van der Waals surface area contributed by atoms with Crippen LogP contribution in [0.3, 0.4) is 0 Å². The molecule has 1 heterocycles. The molecule has 1 aromatic rings. The largest absolute Gasteiger partial charge is 0.380 e. The van der Waals surface area contributed by atoms with Gasteiger partial charge in [0.2, 0.25) is 0 Å². The number of nitrogens with two attached hydrogens (primary N) is 1. The van der Waals surface area contributed by atoms with Gasteiger partial charge in [-0.25, -0.2) is 4.99 Å². The van der Waals surface area contributed by atoms with Crippen LogP contribution >= 0.6 is 0 Å². The van der Waals surface area contributed by atoms with Gasteiger partial charge < -0.3 is 15.4 Å². The summed E-state index contributed by atoms with van der Waals surface area (Å²) in [5.41, 5.74) is 8.45. The maximum Gasteiger partial charge on any atom is 0.191 e. The molecule has 1 saturated heterocycles. The lowest BCUT2D eigenvalue weighted by Crippen LogP contribution is -2.43. The van der Waals surface area contributed by atoms with Crippen LogP contribution in [0.5, 0.6) is 0 Å². The first-order valence-electron chi connectivity index (χ1n) is 7.30. The number of aliphatic imine (C=N–C) groups is 1. The highest BCUT2D eigenvalue weighted by molar-refractivity contribution is 5.78. The van der Waals surface area contributed by atoms with E-state index >= 15 is 0 Å². The predicted octanol–water partition coefficient (Wildman–Crippen LogP) is 2.38. The lowest BCUT2D eigenvalue weighted by Gasteiger charge is -2.31. The van der Waals surface area contributed by atoms with Crippen molar-refractivity contribution < 1.29 is 4.74 Å². The molecule has 1 fully saturated rings. The highest BCUT2D eigenvalue weighted by Crippen LogP contribution is 2.15. The summed E-state index contributed by atoms with van der Waals surface area (Å²) in [7, 11) is 1.71. The van der Waals surface area contributed by atoms with Gasteiger partial charge in [0.15, 0.2) is 5.96 Å². The van der Waals surface area contributed by atoms with Crippen LogP contribution in [0.25, 0.3) is 0 Å². The van der Waals surface area contributed by atoms with Crippen molar-refractivity contribution in [2.24, 2.45) is 16.6 Å². The maximum atomic E-state index is 6.09. The summed E-state index contributed by atoms with van der Waals surface area (Å²) >= 11 is 0. The normalized spacial score (nSPS) is 20.2. The number of guanidine groups is 1. The number of methoxy groups -OCH3 is 1. The second-order valence-corrected chi connectivity index (χ2v) is 5.62. The molecule has 1 atom stereocenters. The number of benzene rings is 1. The molecule has 4 heteroatoms. The monoisotopic (exact) mass is 275 g/mol. The fourth-order valence-electron chi connectivity index (χ4n) is 2.58. The third-order valence-electron chi connectivity index (χ3n) is 3.74. The summed E-state index contributed by atoms with van der Waals surface area (Å²) in [6.45, 7) is 5.63. The zero-order chi connectivity index (χ0) is 14.4. The van der Waals surface area contributed by atoms with Gasteiger partial charge in [0, 0.05) is 20.2 Å². The Balaban J connectivity index is 1.90. The molecule has 0 aliphatic carbocycles. The molecule has 1 aliphatic heterocycles. The molecule has 1 aliphatic rings. The predicted molar refractivity (Wildman–Crippen MR) is 82.5 cm³/mol. The Morgan fingerprint density at radius 2 is 2.05 bits per heavy atom. The van der Waals surface area contributed by atoms with E-state index in [0.717, 1.165) is 13.1 Å². The van der Waals surface area contributed by atoms with Gasteiger partial charge in [0.25, 0.3) is 0 Å². The minimum Gasteiger partial charge on any atom is -0.380 e. The van der Waals surface area contributed by atoms with E-state index < -0.39 is 0 Å². The SMILES string of the molecule is COCc1ccc(CN=C(N)N2CCCC(C)C2)cc1. The van der Waals surface area contributed by atoms with E-state index in [1.54, 1.807) is 7.11 Å². The molecule has 4 nitrogen and oxygen atoms in total. The number of rotatable bonds is 4. The highest BCUT2D eigenvalue weighted by atomic mass is 16.5. The van der Waals surface area contributed by atoms with Crippen LogP contribution < -0.4 is 5.73 Å². The standard InChI is InChI=1S/C16H25N3O/c1-13-4-3-9-19(11-13)16(17)18-10-14-5-7-15(8-6-14)12-20-2/h5-8,13H,3-4,9-12H2,1-2H3,(H2,17,18). The third kappa shape index (κ3) is 4.23. The van der Waals surface area contributed by atoms with Crippen molar-refractivity contribution in [3.63, 3.8) is 0 Å². The first kappa shape index (κ1) is 14.9. The van der Waals surface area contributed by atoms with Gasteiger partial charge in [-0.3, -0.25) is 0 Å². The molecule has 0 spiro atoms. The second-order valence-electron chi connectivity index (χ2n) is 5.62. The van der Waals surface area contributed by atoms with E-state index in [1.807, 2.05) is 0 Å². The van der Waals surface area contributed by atoms with Gasteiger partial charge in [-0.1, -0.05) is 31.2 Å². The smallest absolute Gasteiger partial charge is 0.191 e. The van der Waals surface area contributed by atoms with E-state index in [0.29, 0.717) is 25.0 Å². The lowest BCUT2D eigenvalue weighted by atomic mass is 10.0. The minimum absolute atomic E-state index is 0.643. The van der Waals surface area contributed by atoms with Gasteiger partial charge in [-0.05, 0) is 29.9 Å². The van der Waals surface area contributed by atoms with Gasteiger partial charge in [0.05, 0.1) is 13.2 Å². The summed E-state index contributed by atoms with van der Waals surface area (Å²) in [5, 5.41) is 0. The molecule has 1 unspecified atom stereocenters. The number of nitrogens with zero attached hydrogens (tertiary/aromatic N) is 2. The Kier molecular flexibility index (Phi) is 5.41. The molecule has 0 aromatic heterocycles. The van der Waals surface area contributed by atoms with E-state index in [-0.39, 0.29) is 0 Å². The molecule has 0 bridgehead atoms. The van der Waals surface area contributed by atoms with Crippen molar-refractivity contribution in [1.29, 1.82) is 0 Å². The van der Waals surface area contributed by atoms with Gasteiger partial charge in [-0.15, -0.1) is 0 Å². The zero-order valence-electron chi connectivity index (χ0n) is 12.5. The molecule has 2 N–H and O–H groups in total. The molecule has 1 aromatic carbocycles. The van der Waals surface area contributed by atoms with Crippen LogP contribution in [0, 0.1) is 5.92 Å². The van der Waals surface area contributed by atoms with E-state index in [2.05, 4.69) is 41.1 Å². The maximum absolute atomic E-state index is 6.09. The molecule has 0 radical (unpaired) electrons. The summed E-state index contributed by atoms with van der Waals surface area (Å²) in [5.74, 6) is 1.39. The molecule has 110 valence electrons. The van der Waals surface area contributed by atoms with Gasteiger partial charge >= 0.3 is 0 Å². The minimum atomic E-state index is 0.643. The lowest BCUT2D eigenvalue weighted by molar-refractivity contribution is 0.185. The van der Waals surface area contributed by atoms with Crippen LogP contribution in [-0.2, 0) is 17.9 Å². The summed E-state index contributed by atoms with van der Waals surface area (Å²) in [6.07, 6.45) is 2.51. The van der Waals surface area contributed by atoms with E-state index in [4.69, 9.17) is 10.5 Å². The molecular formula is C16H25N3O. The molecule has 20 heavy (non-hydrogen) atoms. The Hall–Kier alpha value is -1.55. The topological polar surface area (TPSA) is 50.9 Å². The molecule has 2 rings (SSSR count). The zero-order valence-corrected chi connectivity index (χ0v) is 12.5. The fraction of sp³-hybridized carbons (Fsp3) is 0.562. The van der Waals surface area contributed by atoms with Gasteiger partial charge in [-0.2, -0.15) is 0 Å². The van der Waals surface area contributed by atoms with E-state index in [1.165, 1.54) is 24.0 Å². The number of ether oxygens (including phenoxy) is 1. The molecular weight excluding hydrogens is 250 g/mol. The van der Waals surface area contributed by atoms with Crippen LogP contribution in [0.2, 0.25) is 0 Å².